The number of hydrogen-bond acceptors (Lipinski definition) is 5. The lowest BCUT2D eigenvalue weighted by atomic mass is 10.1. The summed E-state index contributed by atoms with van der Waals surface area (Å²) in [6.45, 7) is 3.60. The van der Waals surface area contributed by atoms with Gasteiger partial charge in [0.25, 0.3) is 11.8 Å². The first-order valence-electron chi connectivity index (χ1n) is 12.5. The van der Waals surface area contributed by atoms with Gasteiger partial charge in [-0.1, -0.05) is 24.3 Å². The van der Waals surface area contributed by atoms with Crippen molar-refractivity contribution in [2.24, 2.45) is 0 Å². The van der Waals surface area contributed by atoms with Crippen LogP contribution in [0.3, 0.4) is 0 Å². The molecule has 0 bridgehead atoms. The van der Waals surface area contributed by atoms with Gasteiger partial charge in [-0.25, -0.2) is 9.18 Å². The van der Waals surface area contributed by atoms with Gasteiger partial charge in [0.2, 0.25) is 5.76 Å². The van der Waals surface area contributed by atoms with Gasteiger partial charge in [0.1, 0.15) is 17.1 Å². The number of fused-ring (bicyclic) bond motifs is 1. The Balaban J connectivity index is 1.25. The number of hydrogen-bond donors (Lipinski definition) is 3. The van der Waals surface area contributed by atoms with Crippen molar-refractivity contribution in [2.45, 2.75) is 13.0 Å². The smallest absolute Gasteiger partial charge is 0.319 e. The van der Waals surface area contributed by atoms with Gasteiger partial charge in [0.15, 0.2) is 0 Å². The number of nitrogens with one attached hydrogen (secondary N) is 3. The number of ether oxygens (including phenoxy) is 1. The molecule has 1 fully saturated rings. The highest BCUT2D eigenvalue weighted by Gasteiger charge is 2.27. The largest absolute Gasteiger partial charge is 0.449 e. The first-order valence-corrected chi connectivity index (χ1v) is 12.5. The third-order valence-corrected chi connectivity index (χ3v) is 6.45. The van der Waals surface area contributed by atoms with E-state index in [0.29, 0.717) is 54.2 Å². The second-order valence-corrected chi connectivity index (χ2v) is 9.11. The van der Waals surface area contributed by atoms with Gasteiger partial charge < -0.3 is 30.0 Å². The summed E-state index contributed by atoms with van der Waals surface area (Å²) in [7, 11) is 0. The minimum Gasteiger partial charge on any atom is -0.449 e. The zero-order valence-corrected chi connectivity index (χ0v) is 21.2. The number of rotatable bonds is 6. The van der Waals surface area contributed by atoms with Crippen molar-refractivity contribution in [1.29, 1.82) is 0 Å². The van der Waals surface area contributed by atoms with Crippen molar-refractivity contribution >= 4 is 40.2 Å². The molecular weight excluding hydrogens is 503 g/mol. The Kier molecular flexibility index (Phi) is 7.55. The highest BCUT2D eigenvalue weighted by molar-refractivity contribution is 6.10. The molecule has 0 spiro atoms. The zero-order chi connectivity index (χ0) is 27.4. The molecule has 4 aromatic rings. The summed E-state index contributed by atoms with van der Waals surface area (Å²) in [4.78, 5) is 40.2. The second kappa shape index (κ2) is 11.4. The molecule has 1 aromatic heterocycles. The van der Waals surface area contributed by atoms with Gasteiger partial charge in [-0.3, -0.25) is 9.59 Å². The van der Waals surface area contributed by atoms with E-state index in [9.17, 15) is 18.8 Å². The van der Waals surface area contributed by atoms with E-state index in [2.05, 4.69) is 16.0 Å². The van der Waals surface area contributed by atoms with E-state index in [0.717, 1.165) is 5.56 Å². The highest BCUT2D eigenvalue weighted by Crippen LogP contribution is 2.32. The number of carbonyl (C=O) groups excluding carboxylic acids is 3. The molecule has 0 saturated carbocycles. The molecule has 9 nitrogen and oxygen atoms in total. The molecule has 10 heteroatoms. The van der Waals surface area contributed by atoms with Gasteiger partial charge in [-0.05, 0) is 61.0 Å². The minimum atomic E-state index is -0.501. The summed E-state index contributed by atoms with van der Waals surface area (Å²) in [5, 5.41) is 9.07. The molecule has 0 radical (unpaired) electrons. The Morgan fingerprint density at radius 2 is 1.59 bits per heavy atom. The molecule has 5 rings (SSSR count). The summed E-state index contributed by atoms with van der Waals surface area (Å²) < 4.78 is 24.3. The van der Waals surface area contributed by atoms with Crippen LogP contribution >= 0.6 is 0 Å². The van der Waals surface area contributed by atoms with Crippen molar-refractivity contribution in [3.8, 4) is 0 Å². The van der Waals surface area contributed by atoms with Crippen LogP contribution in [0.4, 0.5) is 20.6 Å². The molecular formula is C29H27FN4O5. The van der Waals surface area contributed by atoms with E-state index >= 15 is 0 Å². The third-order valence-electron chi connectivity index (χ3n) is 6.45. The normalized spacial score (nSPS) is 14.1. The van der Waals surface area contributed by atoms with Gasteiger partial charge in [-0.2, -0.15) is 0 Å². The van der Waals surface area contributed by atoms with E-state index in [-0.39, 0.29) is 23.6 Å². The SMILES string of the molecule is CC(NC(=O)Nc1c(C(=O)N2CCOCC2)oc2ccccc12)c1ccc(NC(=O)c2ccc(F)cc2)cc1. The van der Waals surface area contributed by atoms with Crippen LogP contribution < -0.4 is 16.0 Å². The number of halogens is 1. The zero-order valence-electron chi connectivity index (χ0n) is 21.2. The van der Waals surface area contributed by atoms with Gasteiger partial charge in [0.05, 0.1) is 19.3 Å². The van der Waals surface area contributed by atoms with Crippen LogP contribution in [0.1, 0.15) is 39.4 Å². The molecule has 3 N–H and O–H groups in total. The topological polar surface area (TPSA) is 113 Å². The number of furan rings is 1. The van der Waals surface area contributed by atoms with Crippen molar-refractivity contribution in [1.82, 2.24) is 10.2 Å². The number of amides is 4. The summed E-state index contributed by atoms with van der Waals surface area (Å²) in [5.41, 5.74) is 2.50. The minimum absolute atomic E-state index is 0.0714. The summed E-state index contributed by atoms with van der Waals surface area (Å²) in [6.07, 6.45) is 0. The van der Waals surface area contributed by atoms with Crippen LogP contribution in [-0.4, -0.2) is 49.0 Å². The monoisotopic (exact) mass is 530 g/mol. The number of morpholine rings is 1. The Hall–Kier alpha value is -4.70. The standard InChI is InChI=1S/C29H27FN4O5/c1-18(19-8-12-22(13-9-19)32-27(35)20-6-10-21(30)11-7-20)31-29(37)33-25-23-4-2-3-5-24(23)39-26(25)28(36)34-14-16-38-17-15-34/h2-13,18H,14-17H2,1H3,(H,32,35)(H2,31,33,37). The Labute approximate surface area is 223 Å². The molecule has 1 unspecified atom stereocenters. The van der Waals surface area contributed by atoms with E-state index in [4.69, 9.17) is 9.15 Å². The quantitative estimate of drug-likeness (QED) is 0.318. The van der Waals surface area contributed by atoms with Crippen molar-refractivity contribution < 1.29 is 27.9 Å². The first kappa shape index (κ1) is 25.9. The lowest BCUT2D eigenvalue weighted by Gasteiger charge is -2.26. The van der Waals surface area contributed by atoms with Crippen molar-refractivity contribution in [2.75, 3.05) is 36.9 Å². The number of anilines is 2. The number of carbonyl (C=O) groups is 3. The lowest BCUT2D eigenvalue weighted by molar-refractivity contribution is 0.0285. The predicted octanol–water partition coefficient (Wildman–Crippen LogP) is 5.18. The number of nitrogens with zero attached hydrogens (tertiary/aromatic N) is 1. The van der Waals surface area contributed by atoms with Crippen molar-refractivity contribution in [3.05, 3.63) is 95.5 Å². The molecule has 1 aliphatic rings. The molecule has 4 amide bonds. The summed E-state index contributed by atoms with van der Waals surface area (Å²) >= 11 is 0. The van der Waals surface area contributed by atoms with E-state index in [1.807, 2.05) is 13.0 Å². The molecule has 1 aliphatic heterocycles. The van der Waals surface area contributed by atoms with Crippen LogP contribution in [0.15, 0.2) is 77.2 Å². The summed E-state index contributed by atoms with van der Waals surface area (Å²) in [5.74, 6) is -1.01. The highest BCUT2D eigenvalue weighted by atomic mass is 19.1. The predicted molar refractivity (Wildman–Crippen MR) is 144 cm³/mol. The van der Waals surface area contributed by atoms with Crippen LogP contribution in [0.2, 0.25) is 0 Å². The molecule has 1 atom stereocenters. The van der Waals surface area contributed by atoms with Crippen LogP contribution in [0.25, 0.3) is 11.0 Å². The average molecular weight is 531 g/mol. The molecule has 3 aromatic carbocycles. The molecule has 1 saturated heterocycles. The van der Waals surface area contributed by atoms with Crippen LogP contribution in [0, 0.1) is 5.82 Å². The van der Waals surface area contributed by atoms with Crippen molar-refractivity contribution in [3.63, 3.8) is 0 Å². The second-order valence-electron chi connectivity index (χ2n) is 9.11. The van der Waals surface area contributed by atoms with E-state index < -0.39 is 11.8 Å². The Bertz CT molecular complexity index is 1490. The maximum Gasteiger partial charge on any atom is 0.319 e. The Morgan fingerprint density at radius 1 is 0.897 bits per heavy atom. The van der Waals surface area contributed by atoms with Crippen LogP contribution in [-0.2, 0) is 4.74 Å². The number of para-hydroxylation sites is 1. The fourth-order valence-corrected chi connectivity index (χ4v) is 4.32. The molecule has 2 heterocycles. The lowest BCUT2D eigenvalue weighted by Crippen LogP contribution is -2.41. The number of urea groups is 1. The van der Waals surface area contributed by atoms with Gasteiger partial charge >= 0.3 is 6.03 Å². The van der Waals surface area contributed by atoms with E-state index in [1.54, 1.807) is 47.4 Å². The molecule has 39 heavy (non-hydrogen) atoms. The Morgan fingerprint density at radius 3 is 2.31 bits per heavy atom. The maximum atomic E-state index is 13.2. The molecule has 200 valence electrons. The van der Waals surface area contributed by atoms with Gasteiger partial charge in [0, 0.05) is 29.7 Å². The fourth-order valence-electron chi connectivity index (χ4n) is 4.32. The van der Waals surface area contributed by atoms with Crippen LogP contribution in [0.5, 0.6) is 0 Å². The first-order chi connectivity index (χ1) is 18.9. The maximum absolute atomic E-state index is 13.2. The average Bonchev–Trinajstić information content (AvgIpc) is 3.31. The fraction of sp³-hybridized carbons (Fsp3) is 0.207. The summed E-state index contributed by atoms with van der Waals surface area (Å²) in [6, 6.07) is 18.5. The van der Waals surface area contributed by atoms with E-state index in [1.165, 1.54) is 24.3 Å². The van der Waals surface area contributed by atoms with Gasteiger partial charge in [-0.15, -0.1) is 0 Å². The number of benzene rings is 3. The third kappa shape index (κ3) is 5.91. The molecule has 0 aliphatic carbocycles.